The number of aryl methyl sites for hydroxylation is 2. The fraction of sp³-hybridized carbons (Fsp3) is 0.267. The maximum absolute atomic E-state index is 12.0. The van der Waals surface area contributed by atoms with Crippen LogP contribution in [0.4, 0.5) is 5.69 Å². The topological polar surface area (TPSA) is 95.1 Å². The summed E-state index contributed by atoms with van der Waals surface area (Å²) in [5.41, 5.74) is 1.91. The van der Waals surface area contributed by atoms with Crippen molar-refractivity contribution < 1.29 is 14.7 Å². The van der Waals surface area contributed by atoms with E-state index >= 15 is 0 Å². The predicted molar refractivity (Wildman–Crippen MR) is 78.3 cm³/mol. The highest BCUT2D eigenvalue weighted by molar-refractivity contribution is 6.02. The van der Waals surface area contributed by atoms with Gasteiger partial charge in [-0.2, -0.15) is 0 Å². The first kappa shape index (κ1) is 14.8. The lowest BCUT2D eigenvalue weighted by Crippen LogP contribution is -2.12. The Morgan fingerprint density at radius 3 is 2.86 bits per heavy atom. The maximum atomic E-state index is 12.0. The average Bonchev–Trinajstić information content (AvgIpc) is 2.94. The van der Waals surface area contributed by atoms with Crippen molar-refractivity contribution in [3.63, 3.8) is 0 Å². The number of nitrogens with one attached hydrogen (secondary N) is 2. The third kappa shape index (κ3) is 4.17. The third-order valence-electron chi connectivity index (χ3n) is 3.02. The second-order valence-electron chi connectivity index (χ2n) is 4.65. The second kappa shape index (κ2) is 6.69. The number of carbonyl (C=O) groups is 2. The zero-order valence-corrected chi connectivity index (χ0v) is 11.7. The Morgan fingerprint density at radius 1 is 1.38 bits per heavy atom. The number of aromatic amines is 1. The van der Waals surface area contributed by atoms with Crippen LogP contribution in [-0.2, 0) is 17.6 Å². The van der Waals surface area contributed by atoms with Gasteiger partial charge in [0.15, 0.2) is 0 Å². The highest BCUT2D eigenvalue weighted by Crippen LogP contribution is 2.13. The van der Waals surface area contributed by atoms with Crippen molar-refractivity contribution in [3.8, 4) is 0 Å². The van der Waals surface area contributed by atoms with E-state index in [2.05, 4.69) is 15.3 Å². The van der Waals surface area contributed by atoms with Crippen LogP contribution in [0.15, 0.2) is 30.5 Å². The molecule has 0 atom stereocenters. The number of aliphatic carboxylic acids is 1. The van der Waals surface area contributed by atoms with Gasteiger partial charge in [0.25, 0.3) is 5.91 Å². The molecular formula is C15H17N3O3. The lowest BCUT2D eigenvalue weighted by Gasteiger charge is -2.06. The minimum Gasteiger partial charge on any atom is -0.481 e. The summed E-state index contributed by atoms with van der Waals surface area (Å²) >= 11 is 0. The average molecular weight is 287 g/mol. The summed E-state index contributed by atoms with van der Waals surface area (Å²) in [6.45, 7) is 1.95. The normalized spacial score (nSPS) is 10.3. The van der Waals surface area contributed by atoms with Crippen molar-refractivity contribution in [1.29, 1.82) is 0 Å². The van der Waals surface area contributed by atoms with Crippen molar-refractivity contribution in [2.75, 3.05) is 5.32 Å². The van der Waals surface area contributed by atoms with Crippen LogP contribution in [-0.4, -0.2) is 27.0 Å². The van der Waals surface area contributed by atoms with E-state index in [0.717, 1.165) is 17.8 Å². The van der Waals surface area contributed by atoms with Gasteiger partial charge >= 0.3 is 5.97 Å². The van der Waals surface area contributed by atoms with Gasteiger partial charge in [0.2, 0.25) is 0 Å². The van der Waals surface area contributed by atoms with Crippen LogP contribution in [0.1, 0.15) is 35.2 Å². The van der Waals surface area contributed by atoms with Gasteiger partial charge in [-0.25, -0.2) is 4.98 Å². The molecule has 0 radical (unpaired) electrons. The quantitative estimate of drug-likeness (QED) is 0.759. The molecule has 3 N–H and O–H groups in total. The molecule has 0 saturated heterocycles. The molecule has 6 heteroatoms. The lowest BCUT2D eigenvalue weighted by molar-refractivity contribution is -0.136. The van der Waals surface area contributed by atoms with Crippen LogP contribution < -0.4 is 5.32 Å². The van der Waals surface area contributed by atoms with Crippen LogP contribution >= 0.6 is 0 Å². The number of rotatable bonds is 6. The Kier molecular flexibility index (Phi) is 4.71. The Labute approximate surface area is 122 Å². The number of hydrogen-bond acceptors (Lipinski definition) is 3. The van der Waals surface area contributed by atoms with Crippen LogP contribution in [0.2, 0.25) is 0 Å². The van der Waals surface area contributed by atoms with Gasteiger partial charge in [0.1, 0.15) is 11.5 Å². The largest absolute Gasteiger partial charge is 0.481 e. The number of amides is 1. The van der Waals surface area contributed by atoms with E-state index in [9.17, 15) is 9.59 Å². The Morgan fingerprint density at radius 2 is 2.19 bits per heavy atom. The first-order valence-corrected chi connectivity index (χ1v) is 6.74. The molecule has 1 aromatic heterocycles. The molecule has 1 heterocycles. The molecule has 0 aliphatic heterocycles. The maximum Gasteiger partial charge on any atom is 0.303 e. The number of carbonyl (C=O) groups excluding carboxylic acids is 1. The monoisotopic (exact) mass is 287 g/mol. The van der Waals surface area contributed by atoms with Crippen molar-refractivity contribution in [2.24, 2.45) is 0 Å². The molecule has 6 nitrogen and oxygen atoms in total. The molecule has 0 unspecified atom stereocenters. The molecule has 0 spiro atoms. The second-order valence-corrected chi connectivity index (χ2v) is 4.65. The smallest absolute Gasteiger partial charge is 0.303 e. The van der Waals surface area contributed by atoms with Crippen molar-refractivity contribution in [2.45, 2.75) is 26.2 Å². The molecule has 0 aliphatic carbocycles. The fourth-order valence-corrected chi connectivity index (χ4v) is 1.91. The Bertz CT molecular complexity index is 649. The molecule has 0 bridgehead atoms. The van der Waals surface area contributed by atoms with Gasteiger partial charge in [-0.3, -0.25) is 9.59 Å². The minimum absolute atomic E-state index is 0.0673. The van der Waals surface area contributed by atoms with Gasteiger partial charge in [0, 0.05) is 18.5 Å². The summed E-state index contributed by atoms with van der Waals surface area (Å²) in [4.78, 5) is 29.6. The molecule has 0 fully saturated rings. The first-order valence-electron chi connectivity index (χ1n) is 6.74. The van der Waals surface area contributed by atoms with Crippen molar-refractivity contribution in [3.05, 3.63) is 47.5 Å². The number of H-pyrrole nitrogens is 1. The van der Waals surface area contributed by atoms with E-state index in [-0.39, 0.29) is 12.3 Å². The van der Waals surface area contributed by atoms with E-state index in [1.807, 2.05) is 13.0 Å². The number of carboxylic acid groups (broad SMARTS) is 1. The van der Waals surface area contributed by atoms with Gasteiger partial charge in [-0.1, -0.05) is 19.1 Å². The number of anilines is 1. The van der Waals surface area contributed by atoms with E-state index < -0.39 is 5.97 Å². The van der Waals surface area contributed by atoms with E-state index in [0.29, 0.717) is 17.8 Å². The number of hydrogen-bond donors (Lipinski definition) is 3. The summed E-state index contributed by atoms with van der Waals surface area (Å²) < 4.78 is 0. The van der Waals surface area contributed by atoms with Crippen LogP contribution in [0, 0.1) is 0 Å². The zero-order valence-electron chi connectivity index (χ0n) is 11.7. The molecule has 1 amide bonds. The number of carboxylic acids is 1. The predicted octanol–water partition coefficient (Wildman–Crippen LogP) is 2.24. The zero-order chi connectivity index (χ0) is 15.2. The molecule has 1 aromatic carbocycles. The standard InChI is InChI=1S/C15H17N3O3/c1-2-13-16-9-12(18-13)15(21)17-11-5-3-4-10(8-11)6-7-14(19)20/h3-5,8-9H,2,6-7H2,1H3,(H,16,18)(H,17,21)(H,19,20). The van der Waals surface area contributed by atoms with Crippen LogP contribution in [0.3, 0.4) is 0 Å². The fourth-order valence-electron chi connectivity index (χ4n) is 1.91. The summed E-state index contributed by atoms with van der Waals surface area (Å²) in [5.74, 6) is -0.345. The van der Waals surface area contributed by atoms with E-state index in [1.54, 1.807) is 18.2 Å². The van der Waals surface area contributed by atoms with E-state index in [1.165, 1.54) is 6.20 Å². The number of nitrogens with zero attached hydrogens (tertiary/aromatic N) is 1. The molecule has 21 heavy (non-hydrogen) atoms. The summed E-state index contributed by atoms with van der Waals surface area (Å²) in [7, 11) is 0. The molecular weight excluding hydrogens is 270 g/mol. The summed E-state index contributed by atoms with van der Waals surface area (Å²) in [6, 6.07) is 7.17. The highest BCUT2D eigenvalue weighted by atomic mass is 16.4. The highest BCUT2D eigenvalue weighted by Gasteiger charge is 2.09. The van der Waals surface area contributed by atoms with Crippen molar-refractivity contribution >= 4 is 17.6 Å². The molecule has 110 valence electrons. The minimum atomic E-state index is -0.839. The van der Waals surface area contributed by atoms with Crippen LogP contribution in [0.5, 0.6) is 0 Å². The Hall–Kier alpha value is -2.63. The van der Waals surface area contributed by atoms with Crippen LogP contribution in [0.25, 0.3) is 0 Å². The van der Waals surface area contributed by atoms with E-state index in [4.69, 9.17) is 5.11 Å². The molecule has 0 aliphatic rings. The van der Waals surface area contributed by atoms with Gasteiger partial charge in [-0.05, 0) is 24.1 Å². The Balaban J connectivity index is 2.03. The molecule has 2 rings (SSSR count). The third-order valence-corrected chi connectivity index (χ3v) is 3.02. The summed E-state index contributed by atoms with van der Waals surface area (Å²) in [6.07, 6.45) is 2.74. The number of benzene rings is 1. The SMILES string of the molecule is CCc1ncc(C(=O)Nc2cccc(CCC(=O)O)c2)[nH]1. The number of aromatic nitrogens is 2. The summed E-state index contributed by atoms with van der Waals surface area (Å²) in [5, 5.41) is 11.4. The first-order chi connectivity index (χ1) is 10.1. The van der Waals surface area contributed by atoms with Gasteiger partial charge in [-0.15, -0.1) is 0 Å². The van der Waals surface area contributed by atoms with Gasteiger partial charge < -0.3 is 15.4 Å². The number of imidazole rings is 1. The van der Waals surface area contributed by atoms with Crippen molar-refractivity contribution in [1.82, 2.24) is 9.97 Å². The lowest BCUT2D eigenvalue weighted by atomic mass is 10.1. The van der Waals surface area contributed by atoms with Gasteiger partial charge in [0.05, 0.1) is 6.20 Å². The molecule has 0 saturated carbocycles. The molecule has 2 aromatic rings.